The molecule has 3 rings (SSSR count). The normalized spacial score (nSPS) is 11.3. The number of nitrogens with zero attached hydrogens (tertiary/aromatic N) is 1. The van der Waals surface area contributed by atoms with Gasteiger partial charge in [0.1, 0.15) is 5.75 Å². The SMILES string of the molecule is CC(C)Oc1ccc(/C=N\NC(=O)c2ccc3[nH]c(=S)[nH]c3c2)cc1. The number of aromatic amines is 2. The molecular formula is C18H18N4O2S. The van der Waals surface area contributed by atoms with E-state index in [0.29, 0.717) is 10.3 Å². The van der Waals surface area contributed by atoms with Gasteiger partial charge in [-0.05, 0) is 74.1 Å². The second kappa shape index (κ2) is 7.31. The molecule has 7 heteroatoms. The van der Waals surface area contributed by atoms with E-state index in [9.17, 15) is 4.79 Å². The van der Waals surface area contributed by atoms with Gasteiger partial charge >= 0.3 is 0 Å². The first-order valence-corrected chi connectivity index (χ1v) is 8.24. The molecule has 3 aromatic rings. The van der Waals surface area contributed by atoms with Gasteiger partial charge in [-0.2, -0.15) is 5.10 Å². The van der Waals surface area contributed by atoms with Gasteiger partial charge in [0.15, 0.2) is 4.77 Å². The van der Waals surface area contributed by atoms with Gasteiger partial charge in [-0.3, -0.25) is 4.79 Å². The highest BCUT2D eigenvalue weighted by Gasteiger charge is 2.06. The minimum atomic E-state index is -0.293. The summed E-state index contributed by atoms with van der Waals surface area (Å²) in [6.07, 6.45) is 1.71. The average Bonchev–Trinajstić information content (AvgIpc) is 2.95. The summed E-state index contributed by atoms with van der Waals surface area (Å²) in [5.41, 5.74) is 5.51. The summed E-state index contributed by atoms with van der Waals surface area (Å²) in [7, 11) is 0. The van der Waals surface area contributed by atoms with E-state index in [2.05, 4.69) is 20.5 Å². The number of amides is 1. The number of fused-ring (bicyclic) bond motifs is 1. The lowest BCUT2D eigenvalue weighted by atomic mass is 10.2. The van der Waals surface area contributed by atoms with Gasteiger partial charge < -0.3 is 14.7 Å². The van der Waals surface area contributed by atoms with E-state index in [1.165, 1.54) is 0 Å². The average molecular weight is 354 g/mol. The van der Waals surface area contributed by atoms with Crippen LogP contribution in [0.3, 0.4) is 0 Å². The summed E-state index contributed by atoms with van der Waals surface area (Å²) in [4.78, 5) is 18.1. The minimum Gasteiger partial charge on any atom is -0.491 e. The van der Waals surface area contributed by atoms with E-state index in [1.807, 2.05) is 38.1 Å². The zero-order chi connectivity index (χ0) is 17.8. The maximum atomic E-state index is 12.2. The van der Waals surface area contributed by atoms with E-state index in [0.717, 1.165) is 22.3 Å². The van der Waals surface area contributed by atoms with E-state index >= 15 is 0 Å². The molecule has 0 saturated heterocycles. The maximum Gasteiger partial charge on any atom is 0.271 e. The number of hydrogen-bond acceptors (Lipinski definition) is 4. The molecule has 0 radical (unpaired) electrons. The molecule has 0 aliphatic carbocycles. The quantitative estimate of drug-likeness (QED) is 0.370. The molecule has 0 atom stereocenters. The number of carbonyl (C=O) groups is 1. The van der Waals surface area contributed by atoms with Crippen molar-refractivity contribution in [2.24, 2.45) is 5.10 Å². The summed E-state index contributed by atoms with van der Waals surface area (Å²) < 4.78 is 6.10. The van der Waals surface area contributed by atoms with Gasteiger partial charge in [0, 0.05) is 5.56 Å². The zero-order valence-corrected chi connectivity index (χ0v) is 14.7. The van der Waals surface area contributed by atoms with Crippen LogP contribution in [0.4, 0.5) is 0 Å². The molecular weight excluding hydrogens is 336 g/mol. The molecule has 3 N–H and O–H groups in total. The van der Waals surface area contributed by atoms with E-state index in [4.69, 9.17) is 17.0 Å². The molecule has 0 saturated carbocycles. The molecule has 2 aromatic carbocycles. The Morgan fingerprint density at radius 2 is 1.88 bits per heavy atom. The fraction of sp³-hybridized carbons (Fsp3) is 0.167. The van der Waals surface area contributed by atoms with Crippen LogP contribution in [0.1, 0.15) is 29.8 Å². The van der Waals surface area contributed by atoms with Crippen LogP contribution < -0.4 is 10.2 Å². The number of hydrogen-bond donors (Lipinski definition) is 3. The molecule has 128 valence electrons. The van der Waals surface area contributed by atoms with Crippen LogP contribution in [0.25, 0.3) is 11.0 Å². The Bertz CT molecular complexity index is 971. The van der Waals surface area contributed by atoms with Crippen molar-refractivity contribution in [3.63, 3.8) is 0 Å². The van der Waals surface area contributed by atoms with Gasteiger partial charge in [0.05, 0.1) is 23.4 Å². The molecule has 6 nitrogen and oxygen atoms in total. The van der Waals surface area contributed by atoms with Crippen LogP contribution in [-0.4, -0.2) is 28.2 Å². The molecule has 1 aromatic heterocycles. The number of aromatic nitrogens is 2. The lowest BCUT2D eigenvalue weighted by Crippen LogP contribution is -2.17. The van der Waals surface area contributed by atoms with E-state index in [-0.39, 0.29) is 12.0 Å². The van der Waals surface area contributed by atoms with Crippen molar-refractivity contribution in [3.8, 4) is 5.75 Å². The molecule has 0 bridgehead atoms. The molecule has 1 amide bonds. The third kappa shape index (κ3) is 4.33. The van der Waals surface area contributed by atoms with Crippen LogP contribution in [0.2, 0.25) is 0 Å². The number of ether oxygens (including phenoxy) is 1. The Balaban J connectivity index is 1.64. The first kappa shape index (κ1) is 16.9. The smallest absolute Gasteiger partial charge is 0.271 e. The van der Waals surface area contributed by atoms with Gasteiger partial charge in [-0.1, -0.05) is 0 Å². The van der Waals surface area contributed by atoms with Crippen molar-refractivity contribution in [1.29, 1.82) is 0 Å². The molecule has 1 heterocycles. The third-order valence-corrected chi connectivity index (χ3v) is 3.61. The van der Waals surface area contributed by atoms with Crippen molar-refractivity contribution in [3.05, 3.63) is 58.4 Å². The van der Waals surface area contributed by atoms with Crippen LogP contribution in [0.5, 0.6) is 5.75 Å². The summed E-state index contributed by atoms with van der Waals surface area (Å²) in [6, 6.07) is 12.7. The number of rotatable bonds is 5. The monoisotopic (exact) mass is 354 g/mol. The number of hydrazone groups is 1. The first-order chi connectivity index (χ1) is 12.0. The summed E-state index contributed by atoms with van der Waals surface area (Å²) in [5, 5.41) is 3.99. The Kier molecular flexibility index (Phi) is 4.95. The minimum absolute atomic E-state index is 0.130. The van der Waals surface area contributed by atoms with Crippen LogP contribution in [0.15, 0.2) is 47.6 Å². The fourth-order valence-corrected chi connectivity index (χ4v) is 2.53. The molecule has 0 aliphatic heterocycles. The van der Waals surface area contributed by atoms with E-state index in [1.54, 1.807) is 24.4 Å². The molecule has 0 unspecified atom stereocenters. The van der Waals surface area contributed by atoms with Crippen molar-refractivity contribution in [2.45, 2.75) is 20.0 Å². The predicted octanol–water partition coefficient (Wildman–Crippen LogP) is 3.78. The number of benzene rings is 2. The van der Waals surface area contributed by atoms with Crippen molar-refractivity contribution in [2.75, 3.05) is 0 Å². The number of nitrogens with one attached hydrogen (secondary N) is 3. The second-order valence-corrected chi connectivity index (χ2v) is 6.18. The fourth-order valence-electron chi connectivity index (χ4n) is 2.31. The zero-order valence-electron chi connectivity index (χ0n) is 13.9. The van der Waals surface area contributed by atoms with Crippen LogP contribution in [-0.2, 0) is 0 Å². The highest BCUT2D eigenvalue weighted by Crippen LogP contribution is 2.13. The summed E-state index contributed by atoms with van der Waals surface area (Å²) in [5.74, 6) is 0.506. The highest BCUT2D eigenvalue weighted by molar-refractivity contribution is 7.71. The Hall–Kier alpha value is -2.93. The van der Waals surface area contributed by atoms with Gasteiger partial charge in [-0.15, -0.1) is 0 Å². The van der Waals surface area contributed by atoms with Gasteiger partial charge in [0.2, 0.25) is 0 Å². The number of carbonyl (C=O) groups excluding carboxylic acids is 1. The van der Waals surface area contributed by atoms with Crippen molar-refractivity contribution >= 4 is 35.4 Å². The first-order valence-electron chi connectivity index (χ1n) is 7.83. The van der Waals surface area contributed by atoms with Crippen molar-refractivity contribution in [1.82, 2.24) is 15.4 Å². The van der Waals surface area contributed by atoms with Gasteiger partial charge in [0.25, 0.3) is 5.91 Å². The summed E-state index contributed by atoms with van der Waals surface area (Å²) in [6.45, 7) is 3.95. The number of H-pyrrole nitrogens is 2. The Morgan fingerprint density at radius 3 is 2.60 bits per heavy atom. The van der Waals surface area contributed by atoms with Crippen molar-refractivity contribution < 1.29 is 9.53 Å². The molecule has 0 fully saturated rings. The Morgan fingerprint density at radius 1 is 1.16 bits per heavy atom. The van der Waals surface area contributed by atoms with Gasteiger partial charge in [-0.25, -0.2) is 5.43 Å². The predicted molar refractivity (Wildman–Crippen MR) is 101 cm³/mol. The summed E-state index contributed by atoms with van der Waals surface area (Å²) >= 11 is 5.03. The van der Waals surface area contributed by atoms with E-state index < -0.39 is 0 Å². The van der Waals surface area contributed by atoms with Crippen LogP contribution in [0, 0.1) is 4.77 Å². The largest absolute Gasteiger partial charge is 0.491 e. The lowest BCUT2D eigenvalue weighted by Gasteiger charge is -2.09. The molecule has 0 aliphatic rings. The standard InChI is InChI=1S/C18H18N4O2S/c1-11(2)24-14-6-3-12(4-7-14)10-19-22-17(23)13-5-8-15-16(9-13)21-18(25)20-15/h3-11H,1-2H3,(H,22,23)(H2,20,21,25)/b19-10-. The lowest BCUT2D eigenvalue weighted by molar-refractivity contribution is 0.0955. The molecule has 25 heavy (non-hydrogen) atoms. The second-order valence-electron chi connectivity index (χ2n) is 5.77. The third-order valence-electron chi connectivity index (χ3n) is 3.41. The Labute approximate surface area is 149 Å². The number of imidazole rings is 1. The maximum absolute atomic E-state index is 12.2. The highest BCUT2D eigenvalue weighted by atomic mass is 32.1. The molecule has 0 spiro atoms. The van der Waals surface area contributed by atoms with Crippen LogP contribution >= 0.6 is 12.2 Å². The topological polar surface area (TPSA) is 82.3 Å².